The number of nitrogens with zero attached hydrogens (tertiary/aromatic N) is 4. The predicted molar refractivity (Wildman–Crippen MR) is 67.9 cm³/mol. The van der Waals surface area contributed by atoms with Crippen molar-refractivity contribution in [2.45, 2.75) is 19.8 Å². The van der Waals surface area contributed by atoms with Crippen LogP contribution in [0, 0.1) is 0 Å². The van der Waals surface area contributed by atoms with Gasteiger partial charge in [0.25, 0.3) is 0 Å². The molecule has 0 unspecified atom stereocenters. The summed E-state index contributed by atoms with van der Waals surface area (Å²) in [5, 5.41) is 7.30. The standard InChI is InChI=1S/C12H17N5/c1-8(2)10-11(9-5-6-16-17(9)4)14-7-15-12(10)13-3/h5-8H,1-4H3,(H,13,14,15). The van der Waals surface area contributed by atoms with Gasteiger partial charge in [-0.2, -0.15) is 5.10 Å². The van der Waals surface area contributed by atoms with Crippen LogP contribution in [0.2, 0.25) is 0 Å². The Kier molecular flexibility index (Phi) is 3.08. The summed E-state index contributed by atoms with van der Waals surface area (Å²) < 4.78 is 1.83. The van der Waals surface area contributed by atoms with Gasteiger partial charge >= 0.3 is 0 Å². The molecule has 0 radical (unpaired) electrons. The molecule has 17 heavy (non-hydrogen) atoms. The van der Waals surface area contributed by atoms with Crippen LogP contribution >= 0.6 is 0 Å². The lowest BCUT2D eigenvalue weighted by Gasteiger charge is -2.15. The largest absolute Gasteiger partial charge is 0.373 e. The first kappa shape index (κ1) is 11.6. The number of hydrogen-bond donors (Lipinski definition) is 1. The summed E-state index contributed by atoms with van der Waals surface area (Å²) in [5.74, 6) is 1.23. The molecule has 90 valence electrons. The van der Waals surface area contributed by atoms with E-state index >= 15 is 0 Å². The molecule has 0 aliphatic carbocycles. The molecule has 0 aromatic carbocycles. The maximum Gasteiger partial charge on any atom is 0.133 e. The number of nitrogens with one attached hydrogen (secondary N) is 1. The quantitative estimate of drug-likeness (QED) is 0.878. The maximum atomic E-state index is 4.40. The van der Waals surface area contributed by atoms with Crippen molar-refractivity contribution in [3.05, 3.63) is 24.2 Å². The van der Waals surface area contributed by atoms with Gasteiger partial charge in [0, 0.05) is 25.9 Å². The van der Waals surface area contributed by atoms with Crippen molar-refractivity contribution in [3.8, 4) is 11.4 Å². The number of aromatic nitrogens is 4. The molecule has 0 saturated carbocycles. The van der Waals surface area contributed by atoms with Gasteiger partial charge in [-0.1, -0.05) is 13.8 Å². The van der Waals surface area contributed by atoms with E-state index in [1.807, 2.05) is 24.8 Å². The minimum Gasteiger partial charge on any atom is -0.373 e. The topological polar surface area (TPSA) is 55.6 Å². The molecule has 5 heteroatoms. The van der Waals surface area contributed by atoms with Crippen LogP contribution in [0.4, 0.5) is 5.82 Å². The van der Waals surface area contributed by atoms with Gasteiger partial charge in [0.05, 0.1) is 11.4 Å². The van der Waals surface area contributed by atoms with E-state index in [9.17, 15) is 0 Å². The van der Waals surface area contributed by atoms with Crippen molar-refractivity contribution in [1.82, 2.24) is 19.7 Å². The van der Waals surface area contributed by atoms with Gasteiger partial charge in [0.1, 0.15) is 12.1 Å². The average molecular weight is 231 g/mol. The fraction of sp³-hybridized carbons (Fsp3) is 0.417. The van der Waals surface area contributed by atoms with E-state index in [1.54, 1.807) is 12.5 Å². The van der Waals surface area contributed by atoms with Crippen LogP contribution in [0.3, 0.4) is 0 Å². The van der Waals surface area contributed by atoms with E-state index in [1.165, 1.54) is 0 Å². The average Bonchev–Trinajstić information content (AvgIpc) is 2.74. The van der Waals surface area contributed by atoms with E-state index < -0.39 is 0 Å². The van der Waals surface area contributed by atoms with E-state index in [0.717, 1.165) is 22.8 Å². The lowest BCUT2D eigenvalue weighted by molar-refractivity contribution is 0.766. The Morgan fingerprint density at radius 3 is 2.59 bits per heavy atom. The zero-order valence-corrected chi connectivity index (χ0v) is 10.6. The molecule has 0 aliphatic heterocycles. The fourth-order valence-electron chi connectivity index (χ4n) is 1.95. The van der Waals surface area contributed by atoms with Gasteiger partial charge in [-0.25, -0.2) is 9.97 Å². The third-order valence-corrected chi connectivity index (χ3v) is 2.76. The van der Waals surface area contributed by atoms with Crippen LogP contribution in [-0.4, -0.2) is 26.8 Å². The summed E-state index contributed by atoms with van der Waals surface area (Å²) in [6, 6.07) is 1.97. The first-order chi connectivity index (χ1) is 8.15. The molecular weight excluding hydrogens is 214 g/mol. The Hall–Kier alpha value is -1.91. The molecule has 2 heterocycles. The second-order valence-corrected chi connectivity index (χ2v) is 4.23. The van der Waals surface area contributed by atoms with Gasteiger partial charge < -0.3 is 5.32 Å². The Labute approximate surface area is 101 Å². The van der Waals surface area contributed by atoms with E-state index in [-0.39, 0.29) is 0 Å². The third kappa shape index (κ3) is 2.00. The molecule has 0 bridgehead atoms. The van der Waals surface area contributed by atoms with Crippen molar-refractivity contribution in [2.24, 2.45) is 7.05 Å². The van der Waals surface area contributed by atoms with E-state index in [4.69, 9.17) is 0 Å². The molecule has 0 saturated heterocycles. The smallest absolute Gasteiger partial charge is 0.133 e. The lowest BCUT2D eigenvalue weighted by atomic mass is 10.00. The second kappa shape index (κ2) is 4.53. The lowest BCUT2D eigenvalue weighted by Crippen LogP contribution is -2.06. The van der Waals surface area contributed by atoms with Gasteiger partial charge in [-0.05, 0) is 12.0 Å². The zero-order chi connectivity index (χ0) is 12.4. The fourth-order valence-corrected chi connectivity index (χ4v) is 1.95. The first-order valence-electron chi connectivity index (χ1n) is 5.66. The highest BCUT2D eigenvalue weighted by molar-refractivity contribution is 5.66. The molecule has 1 N–H and O–H groups in total. The molecule has 0 aliphatic rings. The normalized spacial score (nSPS) is 10.9. The molecule has 2 aromatic heterocycles. The van der Waals surface area contributed by atoms with Gasteiger partial charge in [0.2, 0.25) is 0 Å². The molecule has 0 spiro atoms. The van der Waals surface area contributed by atoms with Crippen molar-refractivity contribution >= 4 is 5.82 Å². The maximum absolute atomic E-state index is 4.40. The van der Waals surface area contributed by atoms with E-state index in [0.29, 0.717) is 5.92 Å². The van der Waals surface area contributed by atoms with E-state index in [2.05, 4.69) is 34.2 Å². The number of hydrogen-bond acceptors (Lipinski definition) is 4. The van der Waals surface area contributed by atoms with Crippen LogP contribution in [0.1, 0.15) is 25.3 Å². The highest BCUT2D eigenvalue weighted by Crippen LogP contribution is 2.30. The summed E-state index contributed by atoms with van der Waals surface area (Å²) in [7, 11) is 3.79. The first-order valence-corrected chi connectivity index (χ1v) is 5.66. The minimum atomic E-state index is 0.351. The predicted octanol–water partition coefficient (Wildman–Crippen LogP) is 2.04. The zero-order valence-electron chi connectivity index (χ0n) is 10.6. The second-order valence-electron chi connectivity index (χ2n) is 4.23. The Morgan fingerprint density at radius 1 is 1.29 bits per heavy atom. The van der Waals surface area contributed by atoms with Crippen LogP contribution in [-0.2, 0) is 7.05 Å². The third-order valence-electron chi connectivity index (χ3n) is 2.76. The SMILES string of the molecule is CNc1ncnc(-c2ccnn2C)c1C(C)C. The molecule has 2 aromatic rings. The van der Waals surface area contributed by atoms with Crippen molar-refractivity contribution in [2.75, 3.05) is 12.4 Å². The molecule has 0 amide bonds. The van der Waals surface area contributed by atoms with Crippen LogP contribution < -0.4 is 5.32 Å². The Balaban J connectivity index is 2.65. The van der Waals surface area contributed by atoms with Crippen molar-refractivity contribution < 1.29 is 0 Å². The van der Waals surface area contributed by atoms with Crippen molar-refractivity contribution in [1.29, 1.82) is 0 Å². The van der Waals surface area contributed by atoms with Crippen LogP contribution in [0.5, 0.6) is 0 Å². The number of rotatable bonds is 3. The number of anilines is 1. The molecule has 2 rings (SSSR count). The summed E-state index contributed by atoms with van der Waals surface area (Å²) in [6.45, 7) is 4.28. The molecule has 0 atom stereocenters. The number of aryl methyl sites for hydroxylation is 1. The monoisotopic (exact) mass is 231 g/mol. The van der Waals surface area contributed by atoms with Gasteiger partial charge in [0.15, 0.2) is 0 Å². The van der Waals surface area contributed by atoms with Gasteiger partial charge in [-0.15, -0.1) is 0 Å². The molecule has 0 fully saturated rings. The highest BCUT2D eigenvalue weighted by Gasteiger charge is 2.17. The Morgan fingerprint density at radius 2 is 2.06 bits per heavy atom. The van der Waals surface area contributed by atoms with Crippen LogP contribution in [0.25, 0.3) is 11.4 Å². The summed E-state index contributed by atoms with van der Waals surface area (Å²) in [6.07, 6.45) is 3.36. The van der Waals surface area contributed by atoms with Gasteiger partial charge in [-0.3, -0.25) is 4.68 Å². The Bertz CT molecular complexity index is 515. The minimum absolute atomic E-state index is 0.351. The van der Waals surface area contributed by atoms with Crippen LogP contribution in [0.15, 0.2) is 18.6 Å². The molecule has 5 nitrogen and oxygen atoms in total. The summed E-state index contributed by atoms with van der Waals surface area (Å²) >= 11 is 0. The highest BCUT2D eigenvalue weighted by atomic mass is 15.3. The summed E-state index contributed by atoms with van der Waals surface area (Å²) in [5.41, 5.74) is 3.07. The summed E-state index contributed by atoms with van der Waals surface area (Å²) in [4.78, 5) is 8.67. The molecular formula is C12H17N5. The van der Waals surface area contributed by atoms with Crippen molar-refractivity contribution in [3.63, 3.8) is 0 Å².